The van der Waals surface area contributed by atoms with Crippen LogP contribution in [0.1, 0.15) is 11.1 Å². The number of rotatable bonds is 5. The van der Waals surface area contributed by atoms with Gasteiger partial charge >= 0.3 is 0 Å². The Balaban J connectivity index is 1.61. The highest BCUT2D eigenvalue weighted by molar-refractivity contribution is 5.82. The maximum absolute atomic E-state index is 12.1. The lowest BCUT2D eigenvalue weighted by Gasteiger charge is -2.23. The number of carbonyl (C=O) groups is 1. The van der Waals surface area contributed by atoms with E-state index < -0.39 is 0 Å². The van der Waals surface area contributed by atoms with Crippen molar-refractivity contribution in [2.24, 2.45) is 0 Å². The van der Waals surface area contributed by atoms with Gasteiger partial charge in [-0.2, -0.15) is 5.10 Å². The Morgan fingerprint density at radius 2 is 2.23 bits per heavy atom. The predicted molar refractivity (Wildman–Crippen MR) is 82.2 cm³/mol. The summed E-state index contributed by atoms with van der Waals surface area (Å²) < 4.78 is 7.19. The van der Waals surface area contributed by atoms with Crippen molar-refractivity contribution in [1.82, 2.24) is 20.4 Å². The molecule has 1 saturated heterocycles. The zero-order chi connectivity index (χ0) is 15.2. The quantitative estimate of drug-likeness (QED) is 0.845. The normalized spacial score (nSPS) is 18.1. The summed E-state index contributed by atoms with van der Waals surface area (Å²) in [7, 11) is 0. The zero-order valence-corrected chi connectivity index (χ0v) is 12.4. The number of morpholine rings is 1. The minimum absolute atomic E-state index is 0.0198. The number of ether oxygens (including phenoxy) is 1. The highest BCUT2D eigenvalue weighted by Crippen LogP contribution is 2.10. The van der Waals surface area contributed by atoms with Crippen LogP contribution >= 0.6 is 0 Å². The van der Waals surface area contributed by atoms with Gasteiger partial charge in [0.15, 0.2) is 0 Å². The summed E-state index contributed by atoms with van der Waals surface area (Å²) in [5.41, 5.74) is 2.25. The first kappa shape index (κ1) is 14.7. The molecule has 1 aliphatic heterocycles. The second-order valence-corrected chi connectivity index (χ2v) is 5.27. The minimum Gasteiger partial charge on any atom is -0.378 e. The van der Waals surface area contributed by atoms with Crippen molar-refractivity contribution in [2.75, 3.05) is 19.8 Å². The molecule has 1 atom stereocenters. The Morgan fingerprint density at radius 3 is 2.95 bits per heavy atom. The Morgan fingerprint density at radius 1 is 1.36 bits per heavy atom. The Bertz CT molecular complexity index is 606. The molecular formula is C16H20N4O2. The first-order valence-corrected chi connectivity index (χ1v) is 7.46. The molecule has 1 amide bonds. The van der Waals surface area contributed by atoms with Crippen molar-refractivity contribution in [3.05, 3.63) is 53.9 Å². The Kier molecular flexibility index (Phi) is 4.82. The topological polar surface area (TPSA) is 68.2 Å². The molecule has 0 radical (unpaired) electrons. The molecule has 6 heteroatoms. The molecule has 3 rings (SSSR count). The fourth-order valence-corrected chi connectivity index (χ4v) is 2.49. The van der Waals surface area contributed by atoms with E-state index in [1.807, 2.05) is 35.1 Å². The summed E-state index contributed by atoms with van der Waals surface area (Å²) in [4.78, 5) is 12.1. The summed E-state index contributed by atoms with van der Waals surface area (Å²) in [5.74, 6) is -0.0198. The minimum atomic E-state index is -0.257. The molecule has 116 valence electrons. The van der Waals surface area contributed by atoms with Crippen LogP contribution in [0.3, 0.4) is 0 Å². The number of aromatic nitrogens is 2. The summed E-state index contributed by atoms with van der Waals surface area (Å²) in [5, 5.41) is 10.4. The molecule has 0 saturated carbocycles. The van der Waals surface area contributed by atoms with Crippen LogP contribution in [0.4, 0.5) is 0 Å². The summed E-state index contributed by atoms with van der Waals surface area (Å²) in [6, 6.07) is 9.72. The van der Waals surface area contributed by atoms with Crippen molar-refractivity contribution in [3.8, 4) is 0 Å². The molecule has 22 heavy (non-hydrogen) atoms. The summed E-state index contributed by atoms with van der Waals surface area (Å²) in [6.07, 6.45) is 3.69. The van der Waals surface area contributed by atoms with Crippen LogP contribution < -0.4 is 10.6 Å². The van der Waals surface area contributed by atoms with E-state index >= 15 is 0 Å². The number of nitrogens with zero attached hydrogens (tertiary/aromatic N) is 2. The van der Waals surface area contributed by atoms with Gasteiger partial charge in [-0.15, -0.1) is 0 Å². The zero-order valence-electron chi connectivity index (χ0n) is 12.4. The Labute approximate surface area is 129 Å². The first-order valence-electron chi connectivity index (χ1n) is 7.46. The SMILES string of the molecule is O=C(NCc1ccccc1Cn1cccn1)[C@H]1COCCN1. The third-order valence-corrected chi connectivity index (χ3v) is 3.70. The van der Waals surface area contributed by atoms with Gasteiger partial charge in [0.25, 0.3) is 0 Å². The van der Waals surface area contributed by atoms with Gasteiger partial charge in [0.05, 0.1) is 19.8 Å². The van der Waals surface area contributed by atoms with Crippen LogP contribution in [0.2, 0.25) is 0 Å². The second-order valence-electron chi connectivity index (χ2n) is 5.27. The van der Waals surface area contributed by atoms with E-state index in [-0.39, 0.29) is 11.9 Å². The van der Waals surface area contributed by atoms with Crippen molar-refractivity contribution < 1.29 is 9.53 Å². The van der Waals surface area contributed by atoms with Gasteiger partial charge in [0.2, 0.25) is 5.91 Å². The van der Waals surface area contributed by atoms with Gasteiger partial charge in [-0.05, 0) is 17.2 Å². The number of nitrogens with one attached hydrogen (secondary N) is 2. The molecule has 1 fully saturated rings. The van der Waals surface area contributed by atoms with E-state index in [1.54, 1.807) is 6.20 Å². The van der Waals surface area contributed by atoms with Crippen LogP contribution in [-0.4, -0.2) is 41.5 Å². The third-order valence-electron chi connectivity index (χ3n) is 3.70. The first-order chi connectivity index (χ1) is 10.8. The summed E-state index contributed by atoms with van der Waals surface area (Å²) in [6.45, 7) is 3.02. The molecule has 2 N–H and O–H groups in total. The molecular weight excluding hydrogens is 280 g/mol. The number of hydrogen-bond acceptors (Lipinski definition) is 4. The van der Waals surface area contributed by atoms with Crippen molar-refractivity contribution >= 4 is 5.91 Å². The monoisotopic (exact) mass is 300 g/mol. The molecule has 0 spiro atoms. The fraction of sp³-hybridized carbons (Fsp3) is 0.375. The Hall–Kier alpha value is -2.18. The number of hydrogen-bond donors (Lipinski definition) is 2. The maximum Gasteiger partial charge on any atom is 0.239 e. The smallest absolute Gasteiger partial charge is 0.239 e. The highest BCUT2D eigenvalue weighted by Gasteiger charge is 2.20. The molecule has 2 heterocycles. The van der Waals surface area contributed by atoms with E-state index in [4.69, 9.17) is 4.74 Å². The predicted octanol–water partition coefficient (Wildman–Crippen LogP) is 0.536. The van der Waals surface area contributed by atoms with E-state index in [0.29, 0.717) is 32.8 Å². The van der Waals surface area contributed by atoms with Gasteiger partial charge in [0, 0.05) is 25.5 Å². The van der Waals surface area contributed by atoms with Crippen molar-refractivity contribution in [2.45, 2.75) is 19.1 Å². The molecule has 1 aromatic carbocycles. The van der Waals surface area contributed by atoms with E-state index in [2.05, 4.69) is 21.8 Å². The average molecular weight is 300 g/mol. The molecule has 0 unspecified atom stereocenters. The number of benzene rings is 1. The van der Waals surface area contributed by atoms with Gasteiger partial charge in [-0.1, -0.05) is 24.3 Å². The lowest BCUT2D eigenvalue weighted by atomic mass is 10.1. The van der Waals surface area contributed by atoms with Crippen LogP contribution in [0, 0.1) is 0 Å². The van der Waals surface area contributed by atoms with Crippen LogP contribution in [-0.2, 0) is 22.6 Å². The van der Waals surface area contributed by atoms with Gasteiger partial charge < -0.3 is 15.4 Å². The molecule has 6 nitrogen and oxygen atoms in total. The third kappa shape index (κ3) is 3.72. The van der Waals surface area contributed by atoms with Crippen molar-refractivity contribution in [1.29, 1.82) is 0 Å². The van der Waals surface area contributed by atoms with Crippen LogP contribution in [0.25, 0.3) is 0 Å². The van der Waals surface area contributed by atoms with Gasteiger partial charge in [-0.25, -0.2) is 0 Å². The van der Waals surface area contributed by atoms with Crippen LogP contribution in [0.15, 0.2) is 42.7 Å². The molecule has 0 aliphatic carbocycles. The molecule has 2 aromatic rings. The molecule has 1 aromatic heterocycles. The molecule has 0 bridgehead atoms. The van der Waals surface area contributed by atoms with Crippen molar-refractivity contribution in [3.63, 3.8) is 0 Å². The van der Waals surface area contributed by atoms with E-state index in [9.17, 15) is 4.79 Å². The molecule has 1 aliphatic rings. The average Bonchev–Trinajstić information content (AvgIpc) is 3.07. The lowest BCUT2D eigenvalue weighted by Crippen LogP contribution is -2.51. The van der Waals surface area contributed by atoms with E-state index in [0.717, 1.165) is 11.1 Å². The highest BCUT2D eigenvalue weighted by atomic mass is 16.5. The lowest BCUT2D eigenvalue weighted by molar-refractivity contribution is -0.126. The maximum atomic E-state index is 12.1. The standard InChI is InChI=1S/C16H20N4O2/c21-16(15-12-22-9-7-17-15)18-10-13-4-1-2-5-14(13)11-20-8-3-6-19-20/h1-6,8,15,17H,7,9-12H2,(H,18,21)/t15-/m1/s1. The largest absolute Gasteiger partial charge is 0.378 e. The van der Waals surface area contributed by atoms with Gasteiger partial charge in [-0.3, -0.25) is 9.48 Å². The van der Waals surface area contributed by atoms with Gasteiger partial charge in [0.1, 0.15) is 6.04 Å². The van der Waals surface area contributed by atoms with E-state index in [1.165, 1.54) is 0 Å². The second kappa shape index (κ2) is 7.20. The number of carbonyl (C=O) groups excluding carboxylic acids is 1. The van der Waals surface area contributed by atoms with Crippen LogP contribution in [0.5, 0.6) is 0 Å². The number of amides is 1. The summed E-state index contributed by atoms with van der Waals surface area (Å²) >= 11 is 0. The fourth-order valence-electron chi connectivity index (χ4n) is 2.49.